The van der Waals surface area contributed by atoms with Crippen molar-refractivity contribution in [2.45, 2.75) is 39.2 Å². The molecule has 0 spiro atoms. The molecule has 8 nitrogen and oxygen atoms in total. The average molecular weight is 285 g/mol. The first-order chi connectivity index (χ1) is 9.23. The van der Waals surface area contributed by atoms with Gasteiger partial charge in [0.25, 0.3) is 0 Å². The molecule has 7 N–H and O–H groups in total. The molecule has 0 aliphatic carbocycles. The van der Waals surface area contributed by atoms with Crippen molar-refractivity contribution in [3.05, 3.63) is 0 Å². The summed E-state index contributed by atoms with van der Waals surface area (Å²) in [7, 11) is 0. The van der Waals surface area contributed by atoms with E-state index in [4.69, 9.17) is 16.9 Å². The predicted molar refractivity (Wildman–Crippen MR) is 74.7 cm³/mol. The Morgan fingerprint density at radius 3 is 2.30 bits per heavy atom. The van der Waals surface area contributed by atoms with Crippen LogP contribution in [0.15, 0.2) is 0 Å². The van der Waals surface area contributed by atoms with E-state index in [2.05, 4.69) is 10.6 Å². The van der Waals surface area contributed by atoms with Crippen LogP contribution in [0.1, 0.15) is 33.1 Å². The highest BCUT2D eigenvalue weighted by Crippen LogP contribution is 2.04. The van der Waals surface area contributed by atoms with Gasteiger partial charge in [0.1, 0.15) is 0 Å². The molecule has 0 unspecified atom stereocenters. The number of Topliss-reactive ketones (excluding diaryl/α,β-unsaturated/α-hetero) is 1. The summed E-state index contributed by atoms with van der Waals surface area (Å²) >= 11 is 0. The monoisotopic (exact) mass is 285 g/mol. The van der Waals surface area contributed by atoms with Crippen molar-refractivity contribution < 1.29 is 14.4 Å². The number of hydrogen-bond acceptors (Lipinski definition) is 4. The van der Waals surface area contributed by atoms with E-state index in [1.165, 1.54) is 6.92 Å². The first-order valence-electron chi connectivity index (χ1n) is 6.41. The Morgan fingerprint density at radius 1 is 1.25 bits per heavy atom. The summed E-state index contributed by atoms with van der Waals surface area (Å²) in [6.07, 6.45) is 0.960. The van der Waals surface area contributed by atoms with Crippen molar-refractivity contribution in [3.63, 3.8) is 0 Å². The topological polar surface area (TPSA) is 151 Å². The summed E-state index contributed by atoms with van der Waals surface area (Å²) in [6.45, 7) is 3.42. The summed E-state index contributed by atoms with van der Waals surface area (Å²) in [6, 6.07) is -0.605. The lowest BCUT2D eigenvalue weighted by Crippen LogP contribution is -2.43. The number of ketones is 1. The normalized spacial score (nSPS) is 13.1. The Kier molecular flexibility index (Phi) is 7.95. The number of carbonyl (C=O) groups is 3. The second-order valence-electron chi connectivity index (χ2n) is 4.73. The van der Waals surface area contributed by atoms with Crippen LogP contribution in [-0.4, -0.2) is 36.1 Å². The summed E-state index contributed by atoms with van der Waals surface area (Å²) in [5.74, 6) is -1.79. The summed E-state index contributed by atoms with van der Waals surface area (Å²) in [5, 5.41) is 12.2. The van der Waals surface area contributed by atoms with Crippen LogP contribution in [0.3, 0.4) is 0 Å². The molecule has 0 saturated heterocycles. The lowest BCUT2D eigenvalue weighted by molar-refractivity contribution is -0.131. The highest BCUT2D eigenvalue weighted by atomic mass is 16.2. The number of guanidine groups is 1. The Balaban J connectivity index is 4.26. The highest BCUT2D eigenvalue weighted by molar-refractivity contribution is 5.90. The first kappa shape index (κ1) is 17.9. The Morgan fingerprint density at radius 2 is 1.85 bits per heavy atom. The minimum absolute atomic E-state index is 0.0532. The SMILES string of the molecule is CC(=O)[C@@H](CCCNC(=N)N)NC(=O)[C@H](C)CC(N)=O. The molecule has 0 aromatic heterocycles. The van der Waals surface area contributed by atoms with Crippen molar-refractivity contribution in [1.29, 1.82) is 5.41 Å². The maximum absolute atomic E-state index is 11.8. The molecule has 0 bridgehead atoms. The van der Waals surface area contributed by atoms with E-state index < -0.39 is 17.9 Å². The van der Waals surface area contributed by atoms with Gasteiger partial charge in [0.2, 0.25) is 11.8 Å². The third kappa shape index (κ3) is 8.06. The second kappa shape index (κ2) is 8.89. The van der Waals surface area contributed by atoms with Gasteiger partial charge < -0.3 is 22.1 Å². The molecule has 20 heavy (non-hydrogen) atoms. The van der Waals surface area contributed by atoms with Crippen LogP contribution in [0.2, 0.25) is 0 Å². The summed E-state index contributed by atoms with van der Waals surface area (Å²) in [4.78, 5) is 34.0. The molecule has 8 heteroatoms. The van der Waals surface area contributed by atoms with Gasteiger partial charge in [-0.1, -0.05) is 6.92 Å². The molecule has 0 aromatic carbocycles. The van der Waals surface area contributed by atoms with E-state index in [1.54, 1.807) is 6.92 Å². The molecule has 2 amide bonds. The minimum atomic E-state index is -0.605. The van der Waals surface area contributed by atoms with Crippen LogP contribution in [0.4, 0.5) is 0 Å². The summed E-state index contributed by atoms with van der Waals surface area (Å²) in [5.41, 5.74) is 10.1. The molecule has 2 atom stereocenters. The quantitative estimate of drug-likeness (QED) is 0.205. The van der Waals surface area contributed by atoms with E-state index >= 15 is 0 Å². The van der Waals surface area contributed by atoms with Gasteiger partial charge in [-0.05, 0) is 19.8 Å². The maximum atomic E-state index is 11.8. The number of nitrogens with one attached hydrogen (secondary N) is 3. The fourth-order valence-electron chi connectivity index (χ4n) is 1.61. The van der Waals surface area contributed by atoms with Crippen LogP contribution >= 0.6 is 0 Å². The van der Waals surface area contributed by atoms with Crippen LogP contribution in [0, 0.1) is 11.3 Å². The largest absolute Gasteiger partial charge is 0.370 e. The molecule has 0 aliphatic rings. The molecule has 0 aromatic rings. The number of rotatable bonds is 9. The smallest absolute Gasteiger partial charge is 0.223 e. The Bertz CT molecular complexity index is 383. The van der Waals surface area contributed by atoms with E-state index in [9.17, 15) is 14.4 Å². The van der Waals surface area contributed by atoms with E-state index in [1.807, 2.05) is 0 Å². The lowest BCUT2D eigenvalue weighted by atomic mass is 10.0. The molecule has 0 fully saturated rings. The fraction of sp³-hybridized carbons (Fsp3) is 0.667. The number of amides is 2. The van der Waals surface area contributed by atoms with Crippen LogP contribution < -0.4 is 22.1 Å². The maximum Gasteiger partial charge on any atom is 0.223 e. The number of primary amides is 1. The van der Waals surface area contributed by atoms with Gasteiger partial charge in [-0.3, -0.25) is 19.8 Å². The Labute approximate surface area is 118 Å². The zero-order valence-electron chi connectivity index (χ0n) is 11.9. The van der Waals surface area contributed by atoms with Crippen molar-refractivity contribution in [2.75, 3.05) is 6.54 Å². The molecule has 0 rings (SSSR count). The predicted octanol–water partition coefficient (Wildman–Crippen LogP) is -1.17. The zero-order valence-corrected chi connectivity index (χ0v) is 11.9. The zero-order chi connectivity index (χ0) is 15.7. The van der Waals surface area contributed by atoms with E-state index in [-0.39, 0.29) is 24.1 Å². The fourth-order valence-corrected chi connectivity index (χ4v) is 1.61. The number of hydrogen-bond donors (Lipinski definition) is 5. The minimum Gasteiger partial charge on any atom is -0.370 e. The van der Waals surface area contributed by atoms with Gasteiger partial charge in [0.15, 0.2) is 11.7 Å². The van der Waals surface area contributed by atoms with Crippen molar-refractivity contribution in [1.82, 2.24) is 10.6 Å². The van der Waals surface area contributed by atoms with Gasteiger partial charge in [-0.15, -0.1) is 0 Å². The second-order valence-corrected chi connectivity index (χ2v) is 4.73. The van der Waals surface area contributed by atoms with Gasteiger partial charge in [0.05, 0.1) is 6.04 Å². The average Bonchev–Trinajstić information content (AvgIpc) is 2.31. The molecular formula is C12H23N5O3. The van der Waals surface area contributed by atoms with E-state index in [0.717, 1.165) is 0 Å². The highest BCUT2D eigenvalue weighted by Gasteiger charge is 2.21. The van der Waals surface area contributed by atoms with Gasteiger partial charge in [-0.25, -0.2) is 0 Å². The number of carbonyl (C=O) groups excluding carboxylic acids is 3. The molecule has 114 valence electrons. The van der Waals surface area contributed by atoms with Crippen molar-refractivity contribution in [3.8, 4) is 0 Å². The molecule has 0 heterocycles. The van der Waals surface area contributed by atoms with E-state index in [0.29, 0.717) is 19.4 Å². The van der Waals surface area contributed by atoms with Crippen LogP contribution in [0.25, 0.3) is 0 Å². The van der Waals surface area contributed by atoms with Gasteiger partial charge >= 0.3 is 0 Å². The first-order valence-corrected chi connectivity index (χ1v) is 6.41. The lowest BCUT2D eigenvalue weighted by Gasteiger charge is -2.18. The van der Waals surface area contributed by atoms with Crippen LogP contribution in [-0.2, 0) is 14.4 Å². The van der Waals surface area contributed by atoms with Crippen molar-refractivity contribution in [2.24, 2.45) is 17.4 Å². The number of nitrogens with two attached hydrogens (primary N) is 2. The van der Waals surface area contributed by atoms with Crippen molar-refractivity contribution >= 4 is 23.6 Å². The Hall–Kier alpha value is -2.12. The third-order valence-corrected chi connectivity index (χ3v) is 2.75. The van der Waals surface area contributed by atoms with Gasteiger partial charge in [0, 0.05) is 18.9 Å². The molecule has 0 aliphatic heterocycles. The summed E-state index contributed by atoms with van der Waals surface area (Å²) < 4.78 is 0. The molecule has 0 radical (unpaired) electrons. The standard InChI is InChI=1S/C12H23N5O3/c1-7(6-10(13)19)11(20)17-9(8(2)18)4-3-5-16-12(14)15/h7,9H,3-6H2,1-2H3,(H2,13,19)(H,17,20)(H4,14,15,16)/t7-,9-/m1/s1. The van der Waals surface area contributed by atoms with Gasteiger partial charge in [-0.2, -0.15) is 0 Å². The third-order valence-electron chi connectivity index (χ3n) is 2.75. The molecular weight excluding hydrogens is 262 g/mol. The van der Waals surface area contributed by atoms with Crippen LogP contribution in [0.5, 0.6) is 0 Å². The molecule has 0 saturated carbocycles.